The lowest BCUT2D eigenvalue weighted by atomic mass is 9.95. The number of likely N-dealkylation sites (tertiary alicyclic amines) is 1. The number of hydrogen-bond acceptors (Lipinski definition) is 3. The molecule has 2 saturated heterocycles. The second kappa shape index (κ2) is 7.65. The predicted molar refractivity (Wildman–Crippen MR) is 93.5 cm³/mol. The van der Waals surface area contributed by atoms with E-state index in [2.05, 4.69) is 27.8 Å². The lowest BCUT2D eigenvalue weighted by Crippen LogP contribution is -2.51. The van der Waals surface area contributed by atoms with Gasteiger partial charge in [-0.3, -0.25) is 9.69 Å². The zero-order valence-corrected chi connectivity index (χ0v) is 14.6. The number of amides is 1. The van der Waals surface area contributed by atoms with Gasteiger partial charge in [0.2, 0.25) is 5.91 Å². The Labute approximate surface area is 144 Å². The van der Waals surface area contributed by atoms with Crippen molar-refractivity contribution in [2.24, 2.45) is 5.92 Å². The average Bonchev–Trinajstić information content (AvgIpc) is 2.55. The second-order valence-corrected chi connectivity index (χ2v) is 7.27. The number of nitrogens with zero attached hydrogens (tertiary/aromatic N) is 3. The Bertz CT molecular complexity index is 543. The Morgan fingerprint density at radius 2 is 2.00 bits per heavy atom. The molecule has 1 amide bonds. The highest BCUT2D eigenvalue weighted by Crippen LogP contribution is 2.22. The van der Waals surface area contributed by atoms with E-state index in [4.69, 9.17) is 11.6 Å². The zero-order chi connectivity index (χ0) is 16.2. The fraction of sp³-hybridized carbons (Fsp3) is 0.611. The molecule has 2 aliphatic rings. The average molecular weight is 336 g/mol. The van der Waals surface area contributed by atoms with Crippen molar-refractivity contribution in [1.82, 2.24) is 14.7 Å². The molecular weight excluding hydrogens is 310 g/mol. The minimum absolute atomic E-state index is 0.159. The van der Waals surface area contributed by atoms with Gasteiger partial charge in [0.05, 0.1) is 5.92 Å². The van der Waals surface area contributed by atoms with Gasteiger partial charge in [0, 0.05) is 44.3 Å². The van der Waals surface area contributed by atoms with Crippen molar-refractivity contribution in [3.8, 4) is 0 Å². The number of piperidine rings is 1. The van der Waals surface area contributed by atoms with Crippen molar-refractivity contribution in [1.29, 1.82) is 0 Å². The number of rotatable bonds is 3. The number of halogens is 1. The molecule has 3 rings (SSSR count). The molecule has 1 unspecified atom stereocenters. The molecule has 0 radical (unpaired) electrons. The molecule has 1 aromatic rings. The van der Waals surface area contributed by atoms with Crippen molar-refractivity contribution < 1.29 is 4.79 Å². The van der Waals surface area contributed by atoms with Crippen LogP contribution in [0.1, 0.15) is 18.4 Å². The summed E-state index contributed by atoms with van der Waals surface area (Å²) in [5.74, 6) is 0.514. The maximum atomic E-state index is 12.8. The molecule has 0 aliphatic carbocycles. The van der Waals surface area contributed by atoms with Gasteiger partial charge < -0.3 is 9.80 Å². The van der Waals surface area contributed by atoms with E-state index in [0.29, 0.717) is 5.91 Å². The van der Waals surface area contributed by atoms with Gasteiger partial charge in [-0.2, -0.15) is 0 Å². The molecule has 4 nitrogen and oxygen atoms in total. The third kappa shape index (κ3) is 4.46. The summed E-state index contributed by atoms with van der Waals surface area (Å²) in [7, 11) is 2.12. The minimum atomic E-state index is 0.159. The van der Waals surface area contributed by atoms with Crippen LogP contribution in [-0.4, -0.2) is 66.9 Å². The quantitative estimate of drug-likeness (QED) is 0.848. The minimum Gasteiger partial charge on any atom is -0.340 e. The van der Waals surface area contributed by atoms with Crippen LogP contribution in [0.3, 0.4) is 0 Å². The molecule has 2 fully saturated rings. The predicted octanol–water partition coefficient (Wildman–Crippen LogP) is 2.33. The van der Waals surface area contributed by atoms with E-state index in [-0.39, 0.29) is 5.92 Å². The maximum Gasteiger partial charge on any atom is 0.227 e. The van der Waals surface area contributed by atoms with Crippen molar-refractivity contribution in [2.75, 3.05) is 46.3 Å². The normalized spacial score (nSPS) is 23.9. The number of carbonyl (C=O) groups excluding carboxylic acids is 1. The summed E-state index contributed by atoms with van der Waals surface area (Å²) in [5, 5.41) is 0.782. The van der Waals surface area contributed by atoms with Gasteiger partial charge in [-0.25, -0.2) is 0 Å². The van der Waals surface area contributed by atoms with Gasteiger partial charge in [0.1, 0.15) is 0 Å². The third-order valence-electron chi connectivity index (χ3n) is 4.96. The molecule has 0 spiro atoms. The van der Waals surface area contributed by atoms with E-state index < -0.39 is 0 Å². The third-order valence-corrected chi connectivity index (χ3v) is 5.20. The first-order valence-electron chi connectivity index (χ1n) is 8.56. The molecule has 1 aromatic carbocycles. The van der Waals surface area contributed by atoms with E-state index in [0.717, 1.165) is 63.7 Å². The summed E-state index contributed by atoms with van der Waals surface area (Å²) < 4.78 is 0. The Morgan fingerprint density at radius 3 is 2.74 bits per heavy atom. The van der Waals surface area contributed by atoms with Crippen molar-refractivity contribution in [2.45, 2.75) is 19.4 Å². The van der Waals surface area contributed by atoms with Crippen LogP contribution in [0.2, 0.25) is 5.02 Å². The van der Waals surface area contributed by atoms with Gasteiger partial charge >= 0.3 is 0 Å². The molecule has 0 aromatic heterocycles. The summed E-state index contributed by atoms with van der Waals surface area (Å²) in [6.45, 7) is 6.55. The molecule has 23 heavy (non-hydrogen) atoms. The summed E-state index contributed by atoms with van der Waals surface area (Å²) in [6.07, 6.45) is 2.13. The zero-order valence-electron chi connectivity index (χ0n) is 13.9. The molecule has 0 saturated carbocycles. The summed E-state index contributed by atoms with van der Waals surface area (Å²) in [6, 6.07) is 8.03. The molecule has 2 heterocycles. The highest BCUT2D eigenvalue weighted by atomic mass is 35.5. The summed E-state index contributed by atoms with van der Waals surface area (Å²) in [4.78, 5) is 19.5. The standard InChI is InChI=1S/C18H26ClN3O/c1-20-8-10-22(11-9-20)18(23)16-5-3-7-21(14-16)13-15-4-2-6-17(19)12-15/h2,4,6,12,16H,3,5,7-11,13-14H2,1H3. The fourth-order valence-corrected chi connectivity index (χ4v) is 3.79. The Kier molecular flexibility index (Phi) is 5.57. The van der Waals surface area contributed by atoms with Crippen molar-refractivity contribution in [3.05, 3.63) is 34.9 Å². The summed E-state index contributed by atoms with van der Waals surface area (Å²) in [5.41, 5.74) is 1.23. The Balaban J connectivity index is 1.56. The first-order valence-corrected chi connectivity index (χ1v) is 8.94. The molecule has 0 bridgehead atoms. The van der Waals surface area contributed by atoms with Crippen LogP contribution in [0.4, 0.5) is 0 Å². The highest BCUT2D eigenvalue weighted by Gasteiger charge is 2.30. The molecule has 5 heteroatoms. The number of likely N-dealkylation sites (N-methyl/N-ethyl adjacent to an activating group) is 1. The van der Waals surface area contributed by atoms with Crippen LogP contribution in [0.5, 0.6) is 0 Å². The largest absolute Gasteiger partial charge is 0.340 e. The van der Waals surface area contributed by atoms with Crippen molar-refractivity contribution in [3.63, 3.8) is 0 Å². The van der Waals surface area contributed by atoms with Crippen LogP contribution in [0.15, 0.2) is 24.3 Å². The van der Waals surface area contributed by atoms with Gasteiger partial charge in [0.25, 0.3) is 0 Å². The first-order chi connectivity index (χ1) is 11.1. The molecule has 126 valence electrons. The fourth-order valence-electron chi connectivity index (χ4n) is 3.58. The van der Waals surface area contributed by atoms with Crippen LogP contribution in [0.25, 0.3) is 0 Å². The Hall–Kier alpha value is -1.10. The van der Waals surface area contributed by atoms with Gasteiger partial charge in [-0.05, 0) is 44.1 Å². The topological polar surface area (TPSA) is 26.8 Å². The number of piperazine rings is 1. The van der Waals surface area contributed by atoms with Crippen LogP contribution in [-0.2, 0) is 11.3 Å². The van der Waals surface area contributed by atoms with Gasteiger partial charge in [-0.15, -0.1) is 0 Å². The van der Waals surface area contributed by atoms with E-state index in [1.165, 1.54) is 5.56 Å². The maximum absolute atomic E-state index is 12.8. The SMILES string of the molecule is CN1CCN(C(=O)C2CCCN(Cc3cccc(Cl)c3)C2)CC1. The number of hydrogen-bond donors (Lipinski definition) is 0. The van der Waals surface area contributed by atoms with Crippen LogP contribution in [0, 0.1) is 5.92 Å². The number of benzene rings is 1. The summed E-state index contributed by atoms with van der Waals surface area (Å²) >= 11 is 6.07. The first kappa shape index (κ1) is 16.7. The number of carbonyl (C=O) groups is 1. The molecule has 1 atom stereocenters. The van der Waals surface area contributed by atoms with Crippen molar-refractivity contribution >= 4 is 17.5 Å². The molecular formula is C18H26ClN3O. The lowest BCUT2D eigenvalue weighted by molar-refractivity contribution is -0.139. The van der Waals surface area contributed by atoms with Gasteiger partial charge in [-0.1, -0.05) is 23.7 Å². The molecule has 2 aliphatic heterocycles. The van der Waals surface area contributed by atoms with E-state index in [1.807, 2.05) is 18.2 Å². The van der Waals surface area contributed by atoms with E-state index in [1.54, 1.807) is 0 Å². The highest BCUT2D eigenvalue weighted by molar-refractivity contribution is 6.30. The lowest BCUT2D eigenvalue weighted by Gasteiger charge is -2.38. The molecule has 0 N–H and O–H groups in total. The monoisotopic (exact) mass is 335 g/mol. The van der Waals surface area contributed by atoms with Crippen LogP contribution >= 0.6 is 11.6 Å². The van der Waals surface area contributed by atoms with E-state index in [9.17, 15) is 4.79 Å². The second-order valence-electron chi connectivity index (χ2n) is 6.83. The Morgan fingerprint density at radius 1 is 1.22 bits per heavy atom. The smallest absolute Gasteiger partial charge is 0.227 e. The van der Waals surface area contributed by atoms with E-state index >= 15 is 0 Å². The van der Waals surface area contributed by atoms with Gasteiger partial charge in [0.15, 0.2) is 0 Å². The van der Waals surface area contributed by atoms with Crippen LogP contribution < -0.4 is 0 Å².